The number of benzene rings is 3. The zero-order chi connectivity index (χ0) is 30.8. The van der Waals surface area contributed by atoms with E-state index in [1.807, 2.05) is 48.5 Å². The zero-order valence-electron chi connectivity index (χ0n) is 25.6. The largest absolute Gasteiger partial charge is 0.449 e. The Kier molecular flexibility index (Phi) is 10.8. The molecule has 8 heteroatoms. The van der Waals surface area contributed by atoms with Gasteiger partial charge in [-0.15, -0.1) is 0 Å². The first kappa shape index (κ1) is 31.6. The van der Waals surface area contributed by atoms with Crippen LogP contribution in [0.4, 0.5) is 9.59 Å². The number of unbranched alkanes of at least 4 members (excludes halogenated alkanes) is 1. The lowest BCUT2D eigenvalue weighted by molar-refractivity contribution is -0.123. The highest BCUT2D eigenvalue weighted by Gasteiger charge is 2.29. The van der Waals surface area contributed by atoms with Crippen LogP contribution in [0.3, 0.4) is 0 Å². The Labute approximate surface area is 254 Å². The summed E-state index contributed by atoms with van der Waals surface area (Å²) in [5, 5.41) is 8.44. The van der Waals surface area contributed by atoms with Crippen molar-refractivity contribution in [2.45, 2.75) is 77.5 Å². The third kappa shape index (κ3) is 9.08. The molecule has 228 valence electrons. The molecule has 0 aromatic heterocycles. The van der Waals surface area contributed by atoms with Crippen LogP contribution in [0.1, 0.15) is 75.1 Å². The van der Waals surface area contributed by atoms with E-state index in [0.717, 1.165) is 23.1 Å². The fraction of sp³-hybridized carbons (Fsp3) is 0.400. The van der Waals surface area contributed by atoms with Crippen LogP contribution in [0.2, 0.25) is 0 Å². The van der Waals surface area contributed by atoms with Crippen LogP contribution < -0.4 is 16.0 Å². The highest BCUT2D eigenvalue weighted by molar-refractivity contribution is 5.85. The second kappa shape index (κ2) is 14.7. The maximum atomic E-state index is 13.0. The molecular formula is C35H43N3O5. The van der Waals surface area contributed by atoms with Gasteiger partial charge in [0.15, 0.2) is 0 Å². The van der Waals surface area contributed by atoms with Gasteiger partial charge in [-0.1, -0.05) is 79.7 Å². The van der Waals surface area contributed by atoms with Crippen molar-refractivity contribution in [3.05, 3.63) is 95.1 Å². The average Bonchev–Trinajstić information content (AvgIpc) is 3.31. The van der Waals surface area contributed by atoms with Crippen molar-refractivity contribution in [2.24, 2.45) is 0 Å². The van der Waals surface area contributed by atoms with Crippen LogP contribution in [-0.4, -0.2) is 42.9 Å². The van der Waals surface area contributed by atoms with Crippen LogP contribution in [0.25, 0.3) is 11.1 Å². The summed E-state index contributed by atoms with van der Waals surface area (Å²) in [5.41, 5.74) is 6.21. The van der Waals surface area contributed by atoms with E-state index in [1.165, 1.54) is 16.7 Å². The number of rotatable bonds is 12. The molecule has 0 radical (unpaired) electrons. The third-order valence-electron chi connectivity index (χ3n) is 7.44. The predicted octanol–water partition coefficient (Wildman–Crippen LogP) is 6.47. The minimum Gasteiger partial charge on any atom is -0.449 e. The number of carbonyl (C=O) groups excluding carboxylic acids is 3. The number of nitrogens with one attached hydrogen (secondary N) is 3. The summed E-state index contributed by atoms with van der Waals surface area (Å²) >= 11 is 0. The Bertz CT molecular complexity index is 1350. The summed E-state index contributed by atoms with van der Waals surface area (Å²) in [6, 6.07) is 23.7. The fourth-order valence-corrected chi connectivity index (χ4v) is 5.24. The second-order valence-corrected chi connectivity index (χ2v) is 11.8. The molecule has 0 aliphatic heterocycles. The van der Waals surface area contributed by atoms with Crippen molar-refractivity contribution >= 4 is 18.1 Å². The molecule has 3 aromatic carbocycles. The van der Waals surface area contributed by atoms with Gasteiger partial charge in [-0.05, 0) is 79.8 Å². The van der Waals surface area contributed by atoms with E-state index < -0.39 is 23.8 Å². The Balaban J connectivity index is 1.23. The molecule has 1 aliphatic carbocycles. The van der Waals surface area contributed by atoms with Gasteiger partial charge in [-0.25, -0.2) is 9.59 Å². The molecule has 3 amide bonds. The summed E-state index contributed by atoms with van der Waals surface area (Å²) < 4.78 is 11.0. The van der Waals surface area contributed by atoms with E-state index in [9.17, 15) is 14.4 Å². The highest BCUT2D eigenvalue weighted by atomic mass is 16.6. The van der Waals surface area contributed by atoms with Crippen LogP contribution in [-0.2, 0) is 27.2 Å². The smallest absolute Gasteiger partial charge is 0.408 e. The number of hydrogen-bond donors (Lipinski definition) is 3. The van der Waals surface area contributed by atoms with Crippen molar-refractivity contribution < 1.29 is 23.9 Å². The topological polar surface area (TPSA) is 106 Å². The normalized spacial score (nSPS) is 12.9. The molecule has 4 rings (SSSR count). The molecule has 8 nitrogen and oxygen atoms in total. The van der Waals surface area contributed by atoms with Gasteiger partial charge in [0.25, 0.3) is 0 Å². The Hall–Kier alpha value is -4.33. The molecular weight excluding hydrogens is 542 g/mol. The standard InChI is InChI=1S/C35H43N3O5/c1-5-24-17-19-25(20-18-24)22-37-32(39)31(38-34(41)43-35(2,3)4)16-10-11-21-36-33(40)42-23-30-28-14-8-6-12-26(28)27-13-7-9-15-29(27)30/h6-9,12-15,17-20,30-31H,5,10-11,16,21-23H2,1-4H3,(H,36,40)(H,37,39)(H,38,41). The van der Waals surface area contributed by atoms with Crippen molar-refractivity contribution in [1.29, 1.82) is 0 Å². The van der Waals surface area contributed by atoms with E-state index in [1.54, 1.807) is 20.8 Å². The van der Waals surface area contributed by atoms with Crippen molar-refractivity contribution in [2.75, 3.05) is 13.2 Å². The molecule has 0 bridgehead atoms. The zero-order valence-corrected chi connectivity index (χ0v) is 25.6. The maximum absolute atomic E-state index is 13.0. The lowest BCUT2D eigenvalue weighted by Crippen LogP contribution is -2.48. The second-order valence-electron chi connectivity index (χ2n) is 11.8. The lowest BCUT2D eigenvalue weighted by Gasteiger charge is -2.23. The average molecular weight is 586 g/mol. The number of alkyl carbamates (subject to hydrolysis) is 2. The maximum Gasteiger partial charge on any atom is 0.408 e. The molecule has 0 fully saturated rings. The molecule has 3 N–H and O–H groups in total. The number of ether oxygens (including phenoxy) is 2. The van der Waals surface area contributed by atoms with Crippen LogP contribution >= 0.6 is 0 Å². The molecule has 0 saturated heterocycles. The van der Waals surface area contributed by atoms with E-state index in [0.29, 0.717) is 32.4 Å². The molecule has 0 spiro atoms. The van der Waals surface area contributed by atoms with Crippen molar-refractivity contribution in [1.82, 2.24) is 16.0 Å². The number of carbonyl (C=O) groups is 3. The van der Waals surface area contributed by atoms with Gasteiger partial charge in [0.05, 0.1) is 0 Å². The van der Waals surface area contributed by atoms with Crippen molar-refractivity contribution in [3.8, 4) is 11.1 Å². The van der Waals surface area contributed by atoms with Crippen LogP contribution in [0.15, 0.2) is 72.8 Å². The van der Waals surface area contributed by atoms with Gasteiger partial charge in [0, 0.05) is 19.0 Å². The summed E-state index contributed by atoms with van der Waals surface area (Å²) in [7, 11) is 0. The summed E-state index contributed by atoms with van der Waals surface area (Å²) in [4.78, 5) is 38.0. The number of amides is 3. The lowest BCUT2D eigenvalue weighted by atomic mass is 9.98. The first-order chi connectivity index (χ1) is 20.6. The summed E-state index contributed by atoms with van der Waals surface area (Å²) in [6.45, 7) is 8.42. The molecule has 3 aromatic rings. The third-order valence-corrected chi connectivity index (χ3v) is 7.44. The first-order valence-corrected chi connectivity index (χ1v) is 15.1. The van der Waals surface area contributed by atoms with Crippen LogP contribution in [0.5, 0.6) is 0 Å². The minimum atomic E-state index is -0.765. The SMILES string of the molecule is CCc1ccc(CNC(=O)C(CCCCNC(=O)OCC2c3ccccc3-c3ccccc32)NC(=O)OC(C)(C)C)cc1. The van der Waals surface area contributed by atoms with Gasteiger partial charge in [0.1, 0.15) is 18.2 Å². The molecule has 43 heavy (non-hydrogen) atoms. The molecule has 0 saturated carbocycles. The Morgan fingerprint density at radius 3 is 2.00 bits per heavy atom. The Morgan fingerprint density at radius 1 is 0.791 bits per heavy atom. The quantitative estimate of drug-likeness (QED) is 0.211. The van der Waals surface area contributed by atoms with E-state index in [-0.39, 0.29) is 18.4 Å². The molecule has 1 aliphatic rings. The van der Waals surface area contributed by atoms with Gasteiger partial charge in [-0.2, -0.15) is 0 Å². The predicted molar refractivity (Wildman–Crippen MR) is 168 cm³/mol. The summed E-state index contributed by atoms with van der Waals surface area (Å²) in [5.74, 6) is -0.282. The monoisotopic (exact) mass is 585 g/mol. The van der Waals surface area contributed by atoms with Gasteiger partial charge < -0.3 is 25.4 Å². The van der Waals surface area contributed by atoms with Gasteiger partial charge in [-0.3, -0.25) is 4.79 Å². The minimum absolute atomic E-state index is 0.000862. The Morgan fingerprint density at radius 2 is 1.40 bits per heavy atom. The van der Waals surface area contributed by atoms with Crippen LogP contribution in [0, 0.1) is 0 Å². The summed E-state index contributed by atoms with van der Waals surface area (Å²) in [6.07, 6.45) is 1.44. The number of aryl methyl sites for hydroxylation is 1. The first-order valence-electron chi connectivity index (χ1n) is 15.1. The van der Waals surface area contributed by atoms with E-state index in [2.05, 4.69) is 47.1 Å². The fourth-order valence-electron chi connectivity index (χ4n) is 5.24. The number of fused-ring (bicyclic) bond motifs is 3. The van der Waals surface area contributed by atoms with E-state index in [4.69, 9.17) is 9.47 Å². The van der Waals surface area contributed by atoms with Gasteiger partial charge in [0.2, 0.25) is 5.91 Å². The highest BCUT2D eigenvalue weighted by Crippen LogP contribution is 2.44. The molecule has 1 unspecified atom stereocenters. The van der Waals surface area contributed by atoms with Crippen molar-refractivity contribution in [3.63, 3.8) is 0 Å². The van der Waals surface area contributed by atoms with E-state index >= 15 is 0 Å². The van der Waals surface area contributed by atoms with Gasteiger partial charge >= 0.3 is 12.2 Å². The number of hydrogen-bond acceptors (Lipinski definition) is 5. The molecule has 0 heterocycles. The molecule has 1 atom stereocenters.